The molecule has 0 fully saturated rings. The highest BCUT2D eigenvalue weighted by Crippen LogP contribution is 2.38. The standard InChI is InChI=1S/C25H21FN2O3/c1-15-5-4-6-19(13-15)27-23-22(17-8-10-18(26)11-9-17)24(29)28(25(23)30)20-14-16(2)7-12-21(20)31-3/h4-14,27H,1-3H3. The molecule has 31 heavy (non-hydrogen) atoms. The summed E-state index contributed by atoms with van der Waals surface area (Å²) in [5.41, 5.74) is 3.67. The van der Waals surface area contributed by atoms with Crippen LogP contribution in [0.2, 0.25) is 0 Å². The van der Waals surface area contributed by atoms with Crippen molar-refractivity contribution in [3.63, 3.8) is 0 Å². The third kappa shape index (κ3) is 3.80. The SMILES string of the molecule is COc1ccc(C)cc1N1C(=O)C(Nc2cccc(C)c2)=C(c2ccc(F)cc2)C1=O. The highest BCUT2D eigenvalue weighted by Gasteiger charge is 2.41. The van der Waals surface area contributed by atoms with Crippen LogP contribution < -0.4 is 15.0 Å². The van der Waals surface area contributed by atoms with Crippen molar-refractivity contribution in [2.24, 2.45) is 0 Å². The van der Waals surface area contributed by atoms with Crippen LogP contribution in [0.15, 0.2) is 72.4 Å². The van der Waals surface area contributed by atoms with Crippen molar-refractivity contribution in [3.05, 3.63) is 94.9 Å². The van der Waals surface area contributed by atoms with Crippen molar-refractivity contribution in [2.45, 2.75) is 13.8 Å². The fourth-order valence-corrected chi connectivity index (χ4v) is 3.59. The lowest BCUT2D eigenvalue weighted by Crippen LogP contribution is -2.32. The fraction of sp³-hybridized carbons (Fsp3) is 0.120. The van der Waals surface area contributed by atoms with Crippen LogP contribution in [0.3, 0.4) is 0 Å². The van der Waals surface area contributed by atoms with Crippen molar-refractivity contribution in [1.29, 1.82) is 0 Å². The molecule has 1 aliphatic heterocycles. The maximum atomic E-state index is 13.5. The summed E-state index contributed by atoms with van der Waals surface area (Å²) in [5, 5.41) is 3.11. The Bertz CT molecular complexity index is 1220. The van der Waals surface area contributed by atoms with E-state index >= 15 is 0 Å². The van der Waals surface area contributed by atoms with Gasteiger partial charge in [-0.2, -0.15) is 0 Å². The number of imide groups is 1. The van der Waals surface area contributed by atoms with E-state index < -0.39 is 17.6 Å². The Hall–Kier alpha value is -3.93. The Kier molecular flexibility index (Phi) is 5.29. The first kappa shape index (κ1) is 20.3. The number of nitrogens with zero attached hydrogens (tertiary/aromatic N) is 1. The number of methoxy groups -OCH3 is 1. The van der Waals surface area contributed by atoms with Gasteiger partial charge in [-0.3, -0.25) is 9.59 Å². The molecule has 3 aromatic rings. The monoisotopic (exact) mass is 416 g/mol. The van der Waals surface area contributed by atoms with Gasteiger partial charge in [0.1, 0.15) is 17.3 Å². The van der Waals surface area contributed by atoms with E-state index in [0.29, 0.717) is 22.7 Å². The molecule has 1 heterocycles. The fourth-order valence-electron chi connectivity index (χ4n) is 3.59. The van der Waals surface area contributed by atoms with E-state index in [0.717, 1.165) is 16.0 Å². The first-order valence-electron chi connectivity index (χ1n) is 9.76. The molecule has 0 aromatic heterocycles. The van der Waals surface area contributed by atoms with E-state index in [1.807, 2.05) is 44.2 Å². The minimum Gasteiger partial charge on any atom is -0.495 e. The number of nitrogens with one attached hydrogen (secondary N) is 1. The zero-order chi connectivity index (χ0) is 22.1. The number of benzene rings is 3. The molecule has 1 N–H and O–H groups in total. The number of carbonyl (C=O) groups excluding carboxylic acids is 2. The van der Waals surface area contributed by atoms with E-state index in [9.17, 15) is 14.0 Å². The molecule has 0 spiro atoms. The van der Waals surface area contributed by atoms with Gasteiger partial charge in [0, 0.05) is 5.69 Å². The molecule has 0 bridgehead atoms. The number of rotatable bonds is 5. The Morgan fingerprint density at radius 3 is 2.26 bits per heavy atom. The number of hydrogen-bond donors (Lipinski definition) is 1. The minimum absolute atomic E-state index is 0.130. The summed E-state index contributed by atoms with van der Waals surface area (Å²) in [7, 11) is 1.49. The van der Waals surface area contributed by atoms with E-state index in [2.05, 4.69) is 5.32 Å². The van der Waals surface area contributed by atoms with E-state index in [4.69, 9.17) is 4.74 Å². The summed E-state index contributed by atoms with van der Waals surface area (Å²) < 4.78 is 18.9. The van der Waals surface area contributed by atoms with Gasteiger partial charge >= 0.3 is 0 Å². The molecule has 0 radical (unpaired) electrons. The molecule has 3 aromatic carbocycles. The van der Waals surface area contributed by atoms with Crippen LogP contribution in [0.1, 0.15) is 16.7 Å². The molecule has 0 unspecified atom stereocenters. The first-order chi connectivity index (χ1) is 14.9. The highest BCUT2D eigenvalue weighted by atomic mass is 19.1. The second-order valence-corrected chi connectivity index (χ2v) is 7.37. The lowest BCUT2D eigenvalue weighted by Gasteiger charge is -2.19. The van der Waals surface area contributed by atoms with Crippen molar-refractivity contribution in [3.8, 4) is 5.75 Å². The zero-order valence-corrected chi connectivity index (χ0v) is 17.4. The van der Waals surface area contributed by atoms with Crippen molar-refractivity contribution in [2.75, 3.05) is 17.3 Å². The van der Waals surface area contributed by atoms with Gasteiger partial charge in [-0.05, 0) is 66.9 Å². The number of ether oxygens (including phenoxy) is 1. The second-order valence-electron chi connectivity index (χ2n) is 7.37. The molecular formula is C25H21FN2O3. The van der Waals surface area contributed by atoms with Crippen LogP contribution >= 0.6 is 0 Å². The van der Waals surface area contributed by atoms with E-state index in [-0.39, 0.29) is 11.3 Å². The molecule has 6 heteroatoms. The number of aryl methyl sites for hydroxylation is 2. The van der Waals surface area contributed by atoms with Crippen molar-refractivity contribution < 1.29 is 18.7 Å². The van der Waals surface area contributed by atoms with Crippen LogP contribution in [-0.2, 0) is 9.59 Å². The van der Waals surface area contributed by atoms with Gasteiger partial charge in [-0.15, -0.1) is 0 Å². The largest absolute Gasteiger partial charge is 0.495 e. The molecule has 0 saturated heterocycles. The predicted octanol–water partition coefficient (Wildman–Crippen LogP) is 4.85. The van der Waals surface area contributed by atoms with Gasteiger partial charge in [0.15, 0.2) is 0 Å². The average Bonchev–Trinajstić information content (AvgIpc) is 2.98. The van der Waals surface area contributed by atoms with Crippen molar-refractivity contribution in [1.82, 2.24) is 0 Å². The summed E-state index contributed by atoms with van der Waals surface area (Å²) in [6, 6.07) is 18.3. The zero-order valence-electron chi connectivity index (χ0n) is 17.4. The summed E-state index contributed by atoms with van der Waals surface area (Å²) in [6.07, 6.45) is 0. The molecule has 5 nitrogen and oxygen atoms in total. The maximum absolute atomic E-state index is 13.5. The summed E-state index contributed by atoms with van der Waals surface area (Å²) in [4.78, 5) is 28.1. The maximum Gasteiger partial charge on any atom is 0.282 e. The quantitative estimate of drug-likeness (QED) is 0.604. The van der Waals surface area contributed by atoms with Gasteiger partial charge in [0.2, 0.25) is 0 Å². The van der Waals surface area contributed by atoms with Gasteiger partial charge in [0.25, 0.3) is 11.8 Å². The lowest BCUT2D eigenvalue weighted by atomic mass is 10.0. The molecule has 1 aliphatic rings. The van der Waals surface area contributed by atoms with Crippen LogP contribution in [0.25, 0.3) is 5.57 Å². The Morgan fingerprint density at radius 1 is 0.871 bits per heavy atom. The summed E-state index contributed by atoms with van der Waals surface area (Å²) in [6.45, 7) is 3.81. The number of anilines is 2. The Morgan fingerprint density at radius 2 is 1.58 bits per heavy atom. The normalized spacial score (nSPS) is 13.7. The van der Waals surface area contributed by atoms with Crippen LogP contribution in [-0.4, -0.2) is 18.9 Å². The first-order valence-corrected chi connectivity index (χ1v) is 9.76. The number of hydrogen-bond acceptors (Lipinski definition) is 4. The predicted molar refractivity (Wildman–Crippen MR) is 118 cm³/mol. The number of halogens is 1. The average molecular weight is 416 g/mol. The Balaban J connectivity index is 1.86. The number of carbonyl (C=O) groups is 2. The minimum atomic E-state index is -0.505. The van der Waals surface area contributed by atoms with Gasteiger partial charge < -0.3 is 10.1 Å². The van der Waals surface area contributed by atoms with Crippen LogP contribution in [0, 0.1) is 19.7 Å². The van der Waals surface area contributed by atoms with Crippen LogP contribution in [0.5, 0.6) is 5.75 Å². The molecular weight excluding hydrogens is 395 g/mol. The molecule has 156 valence electrons. The van der Waals surface area contributed by atoms with Gasteiger partial charge in [0.05, 0.1) is 18.4 Å². The smallest absolute Gasteiger partial charge is 0.282 e. The Labute approximate surface area is 179 Å². The van der Waals surface area contributed by atoms with E-state index in [1.54, 1.807) is 12.1 Å². The summed E-state index contributed by atoms with van der Waals surface area (Å²) in [5.74, 6) is -1.03. The third-order valence-corrected chi connectivity index (χ3v) is 5.08. The molecule has 4 rings (SSSR count). The molecule has 2 amide bonds. The molecule has 0 aliphatic carbocycles. The topological polar surface area (TPSA) is 58.6 Å². The second kappa shape index (κ2) is 8.07. The molecule has 0 saturated carbocycles. The van der Waals surface area contributed by atoms with Crippen LogP contribution in [0.4, 0.5) is 15.8 Å². The highest BCUT2D eigenvalue weighted by molar-refractivity contribution is 6.46. The molecule has 0 atom stereocenters. The summed E-state index contributed by atoms with van der Waals surface area (Å²) >= 11 is 0. The lowest BCUT2D eigenvalue weighted by molar-refractivity contribution is -0.120. The van der Waals surface area contributed by atoms with E-state index in [1.165, 1.54) is 31.4 Å². The third-order valence-electron chi connectivity index (χ3n) is 5.08. The van der Waals surface area contributed by atoms with Gasteiger partial charge in [-0.1, -0.05) is 30.3 Å². The number of amides is 2. The van der Waals surface area contributed by atoms with Gasteiger partial charge in [-0.25, -0.2) is 9.29 Å². The van der Waals surface area contributed by atoms with Crippen molar-refractivity contribution >= 4 is 28.8 Å².